The molecular formula is C18H27NO2S. The van der Waals surface area contributed by atoms with E-state index in [2.05, 4.69) is 4.36 Å². The van der Waals surface area contributed by atoms with Crippen LogP contribution in [0, 0.1) is 11.8 Å². The molecule has 0 heterocycles. The van der Waals surface area contributed by atoms with Gasteiger partial charge in [0, 0.05) is 18.4 Å². The lowest BCUT2D eigenvalue weighted by Gasteiger charge is -2.32. The van der Waals surface area contributed by atoms with Crippen molar-refractivity contribution in [2.45, 2.75) is 50.5 Å². The summed E-state index contributed by atoms with van der Waals surface area (Å²) in [4.78, 5) is 0.744. The minimum Gasteiger partial charge on any atom is -0.392 e. The second-order valence-corrected chi connectivity index (χ2v) is 8.55. The number of hydrogen-bond acceptors (Lipinski definition) is 3. The minimum atomic E-state index is -2.55. The normalized spacial score (nSPS) is 25.0. The summed E-state index contributed by atoms with van der Waals surface area (Å²) in [5.74, 6) is 0.317. The molecule has 0 unspecified atom stereocenters. The highest BCUT2D eigenvalue weighted by molar-refractivity contribution is 7.96. The molecule has 4 heteroatoms. The highest BCUT2D eigenvalue weighted by atomic mass is 32.2. The summed E-state index contributed by atoms with van der Waals surface area (Å²) in [6.45, 7) is 4.07. The zero-order valence-corrected chi connectivity index (χ0v) is 14.6. The highest BCUT2D eigenvalue weighted by Gasteiger charge is 2.29. The maximum atomic E-state index is 13.2. The number of rotatable bonds is 4. The van der Waals surface area contributed by atoms with Gasteiger partial charge in [-0.2, -0.15) is 0 Å². The van der Waals surface area contributed by atoms with Crippen LogP contribution in [-0.4, -0.2) is 22.5 Å². The maximum Gasteiger partial charge on any atom is 0.0966 e. The summed E-state index contributed by atoms with van der Waals surface area (Å²) in [6.07, 6.45) is 3.73. The number of nitrogens with zero attached hydrogens (tertiary/aromatic N) is 1. The smallest absolute Gasteiger partial charge is 0.0966 e. The van der Waals surface area contributed by atoms with Gasteiger partial charge in [0.25, 0.3) is 0 Å². The van der Waals surface area contributed by atoms with Crippen molar-refractivity contribution < 1.29 is 9.32 Å². The first-order chi connectivity index (χ1) is 10.5. The molecule has 1 saturated carbocycles. The van der Waals surface area contributed by atoms with Crippen molar-refractivity contribution in [3.63, 3.8) is 0 Å². The fourth-order valence-corrected chi connectivity index (χ4v) is 4.81. The van der Waals surface area contributed by atoms with Gasteiger partial charge in [0.2, 0.25) is 0 Å². The van der Waals surface area contributed by atoms with Crippen LogP contribution < -0.4 is 0 Å². The van der Waals surface area contributed by atoms with Crippen molar-refractivity contribution in [2.24, 2.45) is 16.2 Å². The number of hydrogen-bond donors (Lipinski definition) is 1. The first-order valence-corrected chi connectivity index (χ1v) is 9.64. The summed E-state index contributed by atoms with van der Waals surface area (Å²) >= 11 is 0. The first-order valence-electron chi connectivity index (χ1n) is 8.07. The van der Waals surface area contributed by atoms with Gasteiger partial charge in [-0.3, -0.25) is 0 Å². The first kappa shape index (κ1) is 17.2. The van der Waals surface area contributed by atoms with E-state index in [0.29, 0.717) is 0 Å². The molecule has 0 spiro atoms. The topological polar surface area (TPSA) is 49.7 Å². The SMILES string of the molecule is CN=[S@@](=O)(/C=C1/CCCC[C@H]1[C@@H](O)C(C)C)c1ccccc1. The van der Waals surface area contributed by atoms with E-state index in [9.17, 15) is 9.32 Å². The van der Waals surface area contributed by atoms with E-state index in [4.69, 9.17) is 0 Å². The summed E-state index contributed by atoms with van der Waals surface area (Å²) in [5, 5.41) is 12.3. The Kier molecular flexibility index (Phi) is 5.81. The van der Waals surface area contributed by atoms with E-state index >= 15 is 0 Å². The third-order valence-corrected chi connectivity index (χ3v) is 6.58. The van der Waals surface area contributed by atoms with Gasteiger partial charge in [0.1, 0.15) is 0 Å². The van der Waals surface area contributed by atoms with Gasteiger partial charge >= 0.3 is 0 Å². The van der Waals surface area contributed by atoms with Crippen LogP contribution in [0.25, 0.3) is 0 Å². The average molecular weight is 321 g/mol. The largest absolute Gasteiger partial charge is 0.392 e. The van der Waals surface area contributed by atoms with E-state index in [1.165, 1.54) is 0 Å². The molecule has 3 atom stereocenters. The second kappa shape index (κ2) is 7.42. The lowest BCUT2D eigenvalue weighted by atomic mass is 9.78. The standard InChI is InChI=1S/C18H27NO2S/c1-14(2)18(20)17-12-8-7-9-15(17)13-22(21,19-3)16-10-5-4-6-11-16/h4-6,10-11,13-14,17-18,20H,7-9,12H2,1-3H3/b15-13-/t17-,18+,22-/m1/s1. The van der Waals surface area contributed by atoms with Crippen LogP contribution in [0.15, 0.2) is 50.6 Å². The Morgan fingerprint density at radius 3 is 2.55 bits per heavy atom. The Hall–Kier alpha value is -1.13. The van der Waals surface area contributed by atoms with Gasteiger partial charge in [-0.15, -0.1) is 0 Å². The van der Waals surface area contributed by atoms with E-state index in [1.54, 1.807) is 7.05 Å². The van der Waals surface area contributed by atoms with Gasteiger partial charge in [-0.1, -0.05) is 44.0 Å². The number of benzene rings is 1. The van der Waals surface area contributed by atoms with Crippen molar-refractivity contribution in [2.75, 3.05) is 7.05 Å². The molecular weight excluding hydrogens is 294 g/mol. The molecule has 1 aromatic rings. The fraction of sp³-hybridized carbons (Fsp3) is 0.556. The highest BCUT2D eigenvalue weighted by Crippen LogP contribution is 2.35. The van der Waals surface area contributed by atoms with Crippen LogP contribution in [0.4, 0.5) is 0 Å². The van der Waals surface area contributed by atoms with Crippen LogP contribution in [0.2, 0.25) is 0 Å². The average Bonchev–Trinajstić information content (AvgIpc) is 2.55. The quantitative estimate of drug-likeness (QED) is 0.902. The van der Waals surface area contributed by atoms with Crippen LogP contribution in [0.5, 0.6) is 0 Å². The molecule has 1 N–H and O–H groups in total. The van der Waals surface area contributed by atoms with Crippen molar-refractivity contribution in [1.82, 2.24) is 0 Å². The molecule has 2 rings (SSSR count). The lowest BCUT2D eigenvalue weighted by molar-refractivity contribution is 0.0687. The second-order valence-electron chi connectivity index (χ2n) is 6.34. The van der Waals surface area contributed by atoms with Gasteiger partial charge in [-0.05, 0) is 37.3 Å². The lowest BCUT2D eigenvalue weighted by Crippen LogP contribution is -2.29. The summed E-state index contributed by atoms with van der Waals surface area (Å²) in [6, 6.07) is 9.42. The molecule has 22 heavy (non-hydrogen) atoms. The molecule has 1 aliphatic rings. The predicted octanol–water partition coefficient (Wildman–Crippen LogP) is 4.23. The Morgan fingerprint density at radius 1 is 1.27 bits per heavy atom. The van der Waals surface area contributed by atoms with Crippen molar-refractivity contribution in [1.29, 1.82) is 0 Å². The summed E-state index contributed by atoms with van der Waals surface area (Å²) in [7, 11) is -0.931. The van der Waals surface area contributed by atoms with Crippen LogP contribution >= 0.6 is 0 Å². The van der Waals surface area contributed by atoms with Gasteiger partial charge in [0.05, 0.1) is 20.7 Å². The molecule has 1 fully saturated rings. The van der Waals surface area contributed by atoms with Crippen LogP contribution in [-0.2, 0) is 9.73 Å². The Labute approximate surface area is 134 Å². The van der Waals surface area contributed by atoms with E-state index in [1.807, 2.05) is 49.6 Å². The van der Waals surface area contributed by atoms with Gasteiger partial charge in [-0.25, -0.2) is 8.57 Å². The molecule has 0 bridgehead atoms. The third-order valence-electron chi connectivity index (χ3n) is 4.47. The molecule has 0 saturated heterocycles. The fourth-order valence-electron chi connectivity index (χ4n) is 3.11. The zero-order valence-electron chi connectivity index (χ0n) is 13.7. The zero-order chi connectivity index (χ0) is 16.2. The molecule has 0 amide bonds. The van der Waals surface area contributed by atoms with Crippen molar-refractivity contribution >= 4 is 9.73 Å². The van der Waals surface area contributed by atoms with Gasteiger partial charge in [0.15, 0.2) is 0 Å². The summed E-state index contributed by atoms with van der Waals surface area (Å²) in [5.41, 5.74) is 1.12. The predicted molar refractivity (Wildman–Crippen MR) is 92.1 cm³/mol. The number of aliphatic hydroxyl groups is 1. The Balaban J connectivity index is 2.41. The van der Waals surface area contributed by atoms with E-state index < -0.39 is 9.73 Å². The monoisotopic (exact) mass is 321 g/mol. The van der Waals surface area contributed by atoms with Crippen molar-refractivity contribution in [3.8, 4) is 0 Å². The molecule has 0 aromatic heterocycles. The molecule has 0 aliphatic heterocycles. The van der Waals surface area contributed by atoms with Crippen molar-refractivity contribution in [3.05, 3.63) is 41.3 Å². The van der Waals surface area contributed by atoms with Crippen LogP contribution in [0.1, 0.15) is 39.5 Å². The summed E-state index contributed by atoms with van der Waals surface area (Å²) < 4.78 is 17.4. The molecule has 1 aromatic carbocycles. The molecule has 3 nitrogen and oxygen atoms in total. The minimum absolute atomic E-state index is 0.111. The molecule has 0 radical (unpaired) electrons. The van der Waals surface area contributed by atoms with E-state index in [-0.39, 0.29) is 17.9 Å². The Bertz CT molecular complexity index is 628. The Morgan fingerprint density at radius 2 is 1.95 bits per heavy atom. The molecule has 1 aliphatic carbocycles. The van der Waals surface area contributed by atoms with E-state index in [0.717, 1.165) is 36.2 Å². The third kappa shape index (κ3) is 3.79. The van der Waals surface area contributed by atoms with Gasteiger partial charge < -0.3 is 5.11 Å². The molecule has 122 valence electrons. The van der Waals surface area contributed by atoms with Crippen LogP contribution in [0.3, 0.4) is 0 Å². The maximum absolute atomic E-state index is 13.2. The number of aliphatic hydroxyl groups excluding tert-OH is 1.